The van der Waals surface area contributed by atoms with Crippen molar-refractivity contribution in [3.8, 4) is 0 Å². The SMILES string of the molecule is Cc1[nH]nc(CCC(=O)NC[C@@H]2CN(C)C(=O)CO2)c1C. The van der Waals surface area contributed by atoms with E-state index in [4.69, 9.17) is 4.74 Å². The Labute approximate surface area is 124 Å². The van der Waals surface area contributed by atoms with Gasteiger partial charge in [-0.2, -0.15) is 5.10 Å². The highest BCUT2D eigenvalue weighted by Gasteiger charge is 2.23. The zero-order chi connectivity index (χ0) is 15.4. The van der Waals surface area contributed by atoms with E-state index in [1.807, 2.05) is 13.8 Å². The van der Waals surface area contributed by atoms with Gasteiger partial charge in [0.25, 0.3) is 0 Å². The van der Waals surface area contributed by atoms with Crippen LogP contribution in [0.4, 0.5) is 0 Å². The van der Waals surface area contributed by atoms with Crippen LogP contribution in [-0.2, 0) is 20.7 Å². The summed E-state index contributed by atoms with van der Waals surface area (Å²) in [6.07, 6.45) is 0.879. The van der Waals surface area contributed by atoms with Gasteiger partial charge in [-0.25, -0.2) is 0 Å². The zero-order valence-electron chi connectivity index (χ0n) is 12.7. The zero-order valence-corrected chi connectivity index (χ0v) is 12.7. The Balaban J connectivity index is 1.70. The average molecular weight is 294 g/mol. The van der Waals surface area contributed by atoms with Gasteiger partial charge in [-0.1, -0.05) is 0 Å². The maximum absolute atomic E-state index is 11.8. The highest BCUT2D eigenvalue weighted by molar-refractivity contribution is 5.78. The Morgan fingerprint density at radius 2 is 2.29 bits per heavy atom. The van der Waals surface area contributed by atoms with Crippen molar-refractivity contribution in [1.82, 2.24) is 20.4 Å². The van der Waals surface area contributed by atoms with Crippen molar-refractivity contribution >= 4 is 11.8 Å². The van der Waals surface area contributed by atoms with Crippen molar-refractivity contribution < 1.29 is 14.3 Å². The van der Waals surface area contributed by atoms with Gasteiger partial charge >= 0.3 is 0 Å². The summed E-state index contributed by atoms with van der Waals surface area (Å²) in [5.41, 5.74) is 3.08. The second-order valence-corrected chi connectivity index (χ2v) is 5.43. The van der Waals surface area contributed by atoms with E-state index in [1.165, 1.54) is 0 Å². The van der Waals surface area contributed by atoms with Gasteiger partial charge in [0.05, 0.1) is 11.8 Å². The molecule has 0 spiro atoms. The molecule has 1 aliphatic heterocycles. The second kappa shape index (κ2) is 6.71. The predicted octanol–water partition coefficient (Wildman–Crippen LogP) is -0.0675. The number of hydrogen-bond donors (Lipinski definition) is 2. The van der Waals surface area contributed by atoms with Crippen LogP contribution >= 0.6 is 0 Å². The maximum Gasteiger partial charge on any atom is 0.248 e. The van der Waals surface area contributed by atoms with E-state index in [-0.39, 0.29) is 24.5 Å². The molecule has 2 N–H and O–H groups in total. The van der Waals surface area contributed by atoms with Crippen molar-refractivity contribution in [2.24, 2.45) is 0 Å². The number of aromatic nitrogens is 2. The molecule has 0 bridgehead atoms. The third kappa shape index (κ3) is 4.04. The fourth-order valence-corrected chi connectivity index (χ4v) is 2.21. The number of carbonyl (C=O) groups is 2. The van der Waals surface area contributed by atoms with Gasteiger partial charge in [0.2, 0.25) is 11.8 Å². The summed E-state index contributed by atoms with van der Waals surface area (Å²) in [5, 5.41) is 9.94. The number of H-pyrrole nitrogens is 1. The van der Waals surface area contributed by atoms with E-state index in [0.29, 0.717) is 25.9 Å². The van der Waals surface area contributed by atoms with Crippen LogP contribution in [-0.4, -0.2) is 59.8 Å². The summed E-state index contributed by atoms with van der Waals surface area (Å²) >= 11 is 0. The van der Waals surface area contributed by atoms with E-state index >= 15 is 0 Å². The predicted molar refractivity (Wildman–Crippen MR) is 76.8 cm³/mol. The van der Waals surface area contributed by atoms with Crippen molar-refractivity contribution in [3.63, 3.8) is 0 Å². The molecule has 2 rings (SSSR count). The lowest BCUT2D eigenvalue weighted by Gasteiger charge is -2.29. The quantitative estimate of drug-likeness (QED) is 0.796. The molecule has 0 aromatic carbocycles. The molecule has 0 radical (unpaired) electrons. The molecular weight excluding hydrogens is 272 g/mol. The minimum absolute atomic E-state index is 0.0260. The number of rotatable bonds is 5. The van der Waals surface area contributed by atoms with Crippen molar-refractivity contribution in [1.29, 1.82) is 0 Å². The van der Waals surface area contributed by atoms with E-state index in [0.717, 1.165) is 17.0 Å². The van der Waals surface area contributed by atoms with Crippen molar-refractivity contribution in [2.45, 2.75) is 32.8 Å². The van der Waals surface area contributed by atoms with Crippen LogP contribution in [0.15, 0.2) is 0 Å². The molecule has 1 aromatic rings. The highest BCUT2D eigenvalue weighted by atomic mass is 16.5. The minimum atomic E-state index is -0.133. The largest absolute Gasteiger partial charge is 0.365 e. The number of amides is 2. The average Bonchev–Trinajstić information content (AvgIpc) is 2.78. The molecule has 0 unspecified atom stereocenters. The normalized spacial score (nSPS) is 18.9. The number of nitrogens with zero attached hydrogens (tertiary/aromatic N) is 2. The van der Waals surface area contributed by atoms with E-state index in [1.54, 1.807) is 11.9 Å². The van der Waals surface area contributed by atoms with Crippen LogP contribution in [0.25, 0.3) is 0 Å². The summed E-state index contributed by atoms with van der Waals surface area (Å²) in [6.45, 7) is 4.98. The Bertz CT molecular complexity index is 526. The minimum Gasteiger partial charge on any atom is -0.365 e. The van der Waals surface area contributed by atoms with E-state index in [9.17, 15) is 9.59 Å². The topological polar surface area (TPSA) is 87.3 Å². The maximum atomic E-state index is 11.8. The smallest absolute Gasteiger partial charge is 0.248 e. The molecule has 1 fully saturated rings. The molecule has 0 aliphatic carbocycles. The number of nitrogens with one attached hydrogen (secondary N) is 2. The molecule has 116 valence electrons. The molecule has 7 heteroatoms. The molecular formula is C14H22N4O3. The molecule has 1 saturated heterocycles. The van der Waals surface area contributed by atoms with Gasteiger partial charge in [0.1, 0.15) is 6.61 Å². The first-order chi connectivity index (χ1) is 9.97. The molecule has 1 aromatic heterocycles. The van der Waals surface area contributed by atoms with Crippen molar-refractivity contribution in [2.75, 3.05) is 26.7 Å². The van der Waals surface area contributed by atoms with Gasteiger partial charge in [0, 0.05) is 38.7 Å². The first-order valence-electron chi connectivity index (χ1n) is 7.10. The molecule has 0 saturated carbocycles. The Morgan fingerprint density at radius 3 is 2.90 bits per heavy atom. The van der Waals surface area contributed by atoms with E-state index < -0.39 is 0 Å². The summed E-state index contributed by atoms with van der Waals surface area (Å²) in [7, 11) is 1.74. The number of aryl methyl sites for hydroxylation is 2. The number of carbonyl (C=O) groups excluding carboxylic acids is 2. The fourth-order valence-electron chi connectivity index (χ4n) is 2.21. The molecule has 1 atom stereocenters. The van der Waals surface area contributed by atoms with Crippen LogP contribution in [0.2, 0.25) is 0 Å². The number of hydrogen-bond acceptors (Lipinski definition) is 4. The number of morpholine rings is 1. The molecule has 1 aliphatic rings. The third-order valence-electron chi connectivity index (χ3n) is 3.82. The standard InChI is InChI=1S/C14H22N4O3/c1-9-10(2)16-17-12(9)4-5-13(19)15-6-11-7-18(3)14(20)8-21-11/h11H,4-8H2,1-3H3,(H,15,19)(H,16,17)/t11-/m1/s1. The lowest BCUT2D eigenvalue weighted by molar-refractivity contribution is -0.146. The Morgan fingerprint density at radius 1 is 1.52 bits per heavy atom. The third-order valence-corrected chi connectivity index (χ3v) is 3.82. The van der Waals surface area contributed by atoms with Crippen LogP contribution in [0.3, 0.4) is 0 Å². The first kappa shape index (κ1) is 15.5. The monoisotopic (exact) mass is 294 g/mol. The van der Waals surface area contributed by atoms with Crippen LogP contribution < -0.4 is 5.32 Å². The van der Waals surface area contributed by atoms with Gasteiger partial charge in [0.15, 0.2) is 0 Å². The number of likely N-dealkylation sites (N-methyl/N-ethyl adjacent to an activating group) is 1. The van der Waals surface area contributed by atoms with Crippen LogP contribution in [0.5, 0.6) is 0 Å². The van der Waals surface area contributed by atoms with E-state index in [2.05, 4.69) is 15.5 Å². The number of aromatic amines is 1. The molecule has 21 heavy (non-hydrogen) atoms. The fraction of sp³-hybridized carbons (Fsp3) is 0.643. The van der Waals surface area contributed by atoms with Crippen LogP contribution in [0.1, 0.15) is 23.4 Å². The Kier molecular flexibility index (Phi) is 4.95. The summed E-state index contributed by atoms with van der Waals surface area (Å²) in [4.78, 5) is 24.7. The van der Waals surface area contributed by atoms with Gasteiger partial charge in [-0.05, 0) is 19.4 Å². The van der Waals surface area contributed by atoms with Crippen molar-refractivity contribution in [3.05, 3.63) is 17.0 Å². The Hall–Kier alpha value is -1.89. The molecule has 7 nitrogen and oxygen atoms in total. The van der Waals surface area contributed by atoms with Crippen LogP contribution in [0, 0.1) is 13.8 Å². The summed E-state index contributed by atoms with van der Waals surface area (Å²) in [6, 6.07) is 0. The van der Waals surface area contributed by atoms with Gasteiger partial charge in [-0.15, -0.1) is 0 Å². The summed E-state index contributed by atoms with van der Waals surface area (Å²) in [5.74, 6) is -0.0554. The summed E-state index contributed by atoms with van der Waals surface area (Å²) < 4.78 is 5.37. The molecule has 2 amide bonds. The molecule has 2 heterocycles. The van der Waals surface area contributed by atoms with Gasteiger partial charge < -0.3 is 15.0 Å². The second-order valence-electron chi connectivity index (χ2n) is 5.43. The lowest BCUT2D eigenvalue weighted by Crippen LogP contribution is -2.48. The lowest BCUT2D eigenvalue weighted by atomic mass is 10.1. The first-order valence-corrected chi connectivity index (χ1v) is 7.10. The number of ether oxygens (including phenoxy) is 1. The van der Waals surface area contributed by atoms with Gasteiger partial charge in [-0.3, -0.25) is 14.7 Å². The highest BCUT2D eigenvalue weighted by Crippen LogP contribution is 2.10.